The third-order valence-corrected chi connectivity index (χ3v) is 1.90. The third-order valence-electron chi connectivity index (χ3n) is 1.90. The molecule has 0 saturated heterocycles. The van der Waals surface area contributed by atoms with Crippen molar-refractivity contribution in [3.8, 4) is 11.3 Å². The second-order valence-electron chi connectivity index (χ2n) is 2.94. The van der Waals surface area contributed by atoms with Crippen molar-refractivity contribution in [3.05, 3.63) is 36.0 Å². The molecular weight excluding hydrogens is 207 g/mol. The molecule has 0 aliphatic heterocycles. The first kappa shape index (κ1) is 9.70. The van der Waals surface area contributed by atoms with Crippen LogP contribution in [0.15, 0.2) is 30.5 Å². The number of benzene rings is 1. The minimum atomic E-state index is -4.33. The number of nitrogens with one attached hydrogen (secondary N) is 1. The summed E-state index contributed by atoms with van der Waals surface area (Å²) in [5.74, 6) is 0. The van der Waals surface area contributed by atoms with E-state index in [1.165, 1.54) is 12.3 Å². The summed E-state index contributed by atoms with van der Waals surface area (Å²) in [6.45, 7) is 0. The van der Waals surface area contributed by atoms with Crippen LogP contribution in [-0.4, -0.2) is 15.4 Å². The maximum atomic E-state index is 12.4. The van der Waals surface area contributed by atoms with Crippen molar-refractivity contribution < 1.29 is 13.2 Å². The Balaban J connectivity index is 2.44. The van der Waals surface area contributed by atoms with Crippen LogP contribution in [0.2, 0.25) is 0 Å². The number of halogens is 3. The summed E-state index contributed by atoms with van der Waals surface area (Å²) in [4.78, 5) is 0. The molecule has 3 nitrogen and oxygen atoms in total. The smallest absolute Gasteiger partial charge is 0.265 e. The molecule has 0 saturated carbocycles. The normalized spacial score (nSPS) is 11.7. The van der Waals surface area contributed by atoms with Crippen molar-refractivity contribution in [3.63, 3.8) is 0 Å². The van der Waals surface area contributed by atoms with Gasteiger partial charge in [-0.2, -0.15) is 13.2 Å². The maximum absolute atomic E-state index is 12.4. The average molecular weight is 213 g/mol. The van der Waals surface area contributed by atoms with Gasteiger partial charge >= 0.3 is 6.18 Å². The Kier molecular flexibility index (Phi) is 2.18. The molecular formula is C9H6F3N3. The minimum Gasteiger partial charge on any atom is -0.265 e. The first-order chi connectivity index (χ1) is 7.07. The van der Waals surface area contributed by atoms with Crippen molar-refractivity contribution in [1.82, 2.24) is 15.4 Å². The van der Waals surface area contributed by atoms with E-state index in [-0.39, 0.29) is 0 Å². The van der Waals surface area contributed by atoms with Gasteiger partial charge in [-0.05, 0) is 12.1 Å². The van der Waals surface area contributed by atoms with Gasteiger partial charge in [0.2, 0.25) is 0 Å². The van der Waals surface area contributed by atoms with Crippen molar-refractivity contribution >= 4 is 0 Å². The molecule has 0 aliphatic carbocycles. The van der Waals surface area contributed by atoms with Gasteiger partial charge in [-0.1, -0.05) is 17.3 Å². The Morgan fingerprint density at radius 3 is 2.60 bits per heavy atom. The first-order valence-corrected chi connectivity index (χ1v) is 4.11. The number of nitrogens with zero attached hydrogens (tertiary/aromatic N) is 2. The molecule has 0 unspecified atom stereocenters. The number of H-pyrrole nitrogens is 1. The minimum absolute atomic E-state index is 0.388. The van der Waals surface area contributed by atoms with Gasteiger partial charge in [-0.15, -0.1) is 5.10 Å². The van der Waals surface area contributed by atoms with E-state index in [1.807, 2.05) is 0 Å². The molecule has 2 rings (SSSR count). The van der Waals surface area contributed by atoms with E-state index in [1.54, 1.807) is 6.07 Å². The monoisotopic (exact) mass is 213 g/mol. The van der Waals surface area contributed by atoms with E-state index >= 15 is 0 Å². The Bertz CT molecular complexity index is 448. The van der Waals surface area contributed by atoms with Gasteiger partial charge in [-0.25, -0.2) is 0 Å². The number of rotatable bonds is 1. The molecule has 1 heterocycles. The molecule has 0 aliphatic rings. The molecule has 0 amide bonds. The molecule has 1 aromatic carbocycles. The molecule has 0 atom stereocenters. The highest BCUT2D eigenvalue weighted by Gasteiger charge is 2.30. The summed E-state index contributed by atoms with van der Waals surface area (Å²) in [5, 5.41) is 9.51. The van der Waals surface area contributed by atoms with Crippen molar-refractivity contribution in [2.75, 3.05) is 0 Å². The van der Waals surface area contributed by atoms with Gasteiger partial charge in [0.15, 0.2) is 0 Å². The van der Waals surface area contributed by atoms with Crippen LogP contribution < -0.4 is 0 Å². The second-order valence-corrected chi connectivity index (χ2v) is 2.94. The van der Waals surface area contributed by atoms with Crippen molar-refractivity contribution in [1.29, 1.82) is 0 Å². The number of aromatic nitrogens is 3. The zero-order valence-corrected chi connectivity index (χ0v) is 7.42. The summed E-state index contributed by atoms with van der Waals surface area (Å²) < 4.78 is 37.1. The Morgan fingerprint density at radius 2 is 2.00 bits per heavy atom. The summed E-state index contributed by atoms with van der Waals surface area (Å²) in [6.07, 6.45) is -2.89. The lowest BCUT2D eigenvalue weighted by Crippen LogP contribution is -2.04. The Labute approximate surface area is 82.9 Å². The summed E-state index contributed by atoms with van der Waals surface area (Å²) in [5.41, 5.74) is 0.0858. The molecule has 1 aromatic heterocycles. The van der Waals surface area contributed by atoms with Crippen LogP contribution in [0.3, 0.4) is 0 Å². The second kappa shape index (κ2) is 3.38. The lowest BCUT2D eigenvalue weighted by atomic mass is 10.1. The number of hydrogen-bond donors (Lipinski definition) is 1. The molecule has 6 heteroatoms. The predicted molar refractivity (Wildman–Crippen MR) is 46.8 cm³/mol. The highest BCUT2D eigenvalue weighted by molar-refractivity contribution is 5.58. The van der Waals surface area contributed by atoms with Crippen LogP contribution in [0.4, 0.5) is 13.2 Å². The van der Waals surface area contributed by atoms with E-state index in [0.717, 1.165) is 12.1 Å². The Morgan fingerprint density at radius 1 is 1.20 bits per heavy atom. The van der Waals surface area contributed by atoms with Crippen LogP contribution >= 0.6 is 0 Å². The Hall–Kier alpha value is -1.85. The van der Waals surface area contributed by atoms with Crippen LogP contribution in [0.1, 0.15) is 5.56 Å². The molecule has 0 radical (unpaired) electrons. The van der Waals surface area contributed by atoms with Crippen LogP contribution in [0.25, 0.3) is 11.3 Å². The molecule has 0 spiro atoms. The number of alkyl halides is 3. The SMILES string of the molecule is FC(F)(F)c1cccc(-c2c[nH]nn2)c1. The lowest BCUT2D eigenvalue weighted by molar-refractivity contribution is -0.137. The maximum Gasteiger partial charge on any atom is 0.416 e. The molecule has 0 bridgehead atoms. The van der Waals surface area contributed by atoms with E-state index in [0.29, 0.717) is 11.3 Å². The van der Waals surface area contributed by atoms with Crippen LogP contribution in [0.5, 0.6) is 0 Å². The van der Waals surface area contributed by atoms with Gasteiger partial charge in [-0.3, -0.25) is 5.10 Å². The summed E-state index contributed by atoms with van der Waals surface area (Å²) in [6, 6.07) is 4.95. The van der Waals surface area contributed by atoms with Crippen molar-refractivity contribution in [2.45, 2.75) is 6.18 Å². The zero-order valence-electron chi connectivity index (χ0n) is 7.42. The fraction of sp³-hybridized carbons (Fsp3) is 0.111. The van der Waals surface area contributed by atoms with Gasteiger partial charge in [0.05, 0.1) is 5.56 Å². The lowest BCUT2D eigenvalue weighted by Gasteiger charge is -2.06. The van der Waals surface area contributed by atoms with E-state index in [2.05, 4.69) is 15.4 Å². The average Bonchev–Trinajstić information content (AvgIpc) is 2.69. The fourth-order valence-electron chi connectivity index (χ4n) is 1.20. The van der Waals surface area contributed by atoms with Crippen LogP contribution in [-0.2, 0) is 6.18 Å². The third kappa shape index (κ3) is 1.98. The van der Waals surface area contributed by atoms with Crippen LogP contribution in [0, 0.1) is 0 Å². The molecule has 15 heavy (non-hydrogen) atoms. The van der Waals surface area contributed by atoms with E-state index < -0.39 is 11.7 Å². The highest BCUT2D eigenvalue weighted by atomic mass is 19.4. The van der Waals surface area contributed by atoms with Gasteiger partial charge in [0, 0.05) is 11.8 Å². The van der Waals surface area contributed by atoms with Gasteiger partial charge in [0.1, 0.15) is 5.69 Å². The molecule has 78 valence electrons. The fourth-order valence-corrected chi connectivity index (χ4v) is 1.20. The first-order valence-electron chi connectivity index (χ1n) is 4.11. The predicted octanol–water partition coefficient (Wildman–Crippen LogP) is 2.49. The number of aromatic amines is 1. The standard InChI is InChI=1S/C9H6F3N3/c10-9(11,12)7-3-1-2-6(4-7)8-5-13-15-14-8/h1-5H,(H,13,14,15). The summed E-state index contributed by atoms with van der Waals surface area (Å²) in [7, 11) is 0. The zero-order chi connectivity index (χ0) is 10.9. The van der Waals surface area contributed by atoms with E-state index in [9.17, 15) is 13.2 Å². The molecule has 0 fully saturated rings. The van der Waals surface area contributed by atoms with E-state index in [4.69, 9.17) is 0 Å². The number of hydrogen-bond acceptors (Lipinski definition) is 2. The molecule has 2 aromatic rings. The quantitative estimate of drug-likeness (QED) is 0.790. The van der Waals surface area contributed by atoms with Gasteiger partial charge in [0.25, 0.3) is 0 Å². The largest absolute Gasteiger partial charge is 0.416 e. The topological polar surface area (TPSA) is 41.6 Å². The van der Waals surface area contributed by atoms with Crippen molar-refractivity contribution in [2.24, 2.45) is 0 Å². The molecule has 1 N–H and O–H groups in total. The summed E-state index contributed by atoms with van der Waals surface area (Å²) >= 11 is 0. The van der Waals surface area contributed by atoms with Gasteiger partial charge < -0.3 is 0 Å². The highest BCUT2D eigenvalue weighted by Crippen LogP contribution is 2.31.